The number of ether oxygens (including phenoxy) is 1. The molecule has 0 bridgehead atoms. The first-order valence-electron chi connectivity index (χ1n) is 4.02. The van der Waals surface area contributed by atoms with Gasteiger partial charge in [0.25, 0.3) is 0 Å². The highest BCUT2D eigenvalue weighted by Crippen LogP contribution is 2.54. The maximum atomic E-state index is 5.18. The molecule has 2 nitrogen and oxygen atoms in total. The average Bonchev–Trinajstić information content (AvgIpc) is 2.36. The van der Waals surface area contributed by atoms with Crippen LogP contribution in [-0.2, 0) is 4.74 Å². The first kappa shape index (κ1) is 6.62. The smallest absolute Gasteiger partial charge is 0.0534 e. The van der Waals surface area contributed by atoms with Crippen LogP contribution in [0.25, 0.3) is 0 Å². The number of nitrogens with one attached hydrogen (secondary N) is 1. The number of hydrogen-bond donors (Lipinski definition) is 1. The SMILES string of the molecule is COCC12CC1N[C@H](C)C2. The molecular formula is C8H15NO. The van der Waals surface area contributed by atoms with Crippen molar-refractivity contribution in [2.75, 3.05) is 13.7 Å². The lowest BCUT2D eigenvalue weighted by molar-refractivity contribution is 0.140. The zero-order valence-electron chi connectivity index (χ0n) is 6.68. The van der Waals surface area contributed by atoms with Crippen molar-refractivity contribution in [3.8, 4) is 0 Å². The molecule has 1 N–H and O–H groups in total. The lowest BCUT2D eigenvalue weighted by atomic mass is 10.0. The van der Waals surface area contributed by atoms with Crippen LogP contribution >= 0.6 is 0 Å². The van der Waals surface area contributed by atoms with Crippen LogP contribution < -0.4 is 5.32 Å². The second kappa shape index (κ2) is 1.95. The fraction of sp³-hybridized carbons (Fsp3) is 1.00. The zero-order valence-corrected chi connectivity index (χ0v) is 6.68. The van der Waals surface area contributed by atoms with Gasteiger partial charge in [-0.2, -0.15) is 0 Å². The van der Waals surface area contributed by atoms with E-state index in [4.69, 9.17) is 4.74 Å². The topological polar surface area (TPSA) is 21.3 Å². The summed E-state index contributed by atoms with van der Waals surface area (Å²) in [7, 11) is 1.80. The highest BCUT2D eigenvalue weighted by atomic mass is 16.5. The quantitative estimate of drug-likeness (QED) is 0.613. The molecule has 2 unspecified atom stereocenters. The number of fused-ring (bicyclic) bond motifs is 1. The van der Waals surface area contributed by atoms with E-state index >= 15 is 0 Å². The van der Waals surface area contributed by atoms with Gasteiger partial charge in [0.1, 0.15) is 0 Å². The maximum absolute atomic E-state index is 5.18. The Kier molecular flexibility index (Phi) is 1.29. The van der Waals surface area contributed by atoms with Gasteiger partial charge in [-0.25, -0.2) is 0 Å². The van der Waals surface area contributed by atoms with Gasteiger partial charge in [-0.3, -0.25) is 0 Å². The van der Waals surface area contributed by atoms with Gasteiger partial charge in [0, 0.05) is 24.6 Å². The van der Waals surface area contributed by atoms with Crippen molar-refractivity contribution >= 4 is 0 Å². The molecule has 3 atom stereocenters. The molecule has 2 heteroatoms. The number of rotatable bonds is 2. The van der Waals surface area contributed by atoms with Crippen molar-refractivity contribution < 1.29 is 4.74 Å². The zero-order chi connectivity index (χ0) is 7.19. The molecule has 0 radical (unpaired) electrons. The second-order valence-corrected chi connectivity index (χ2v) is 3.82. The summed E-state index contributed by atoms with van der Waals surface area (Å²) in [6, 6.07) is 1.50. The minimum absolute atomic E-state index is 0.550. The summed E-state index contributed by atoms with van der Waals surface area (Å²) >= 11 is 0. The van der Waals surface area contributed by atoms with Crippen LogP contribution in [0.3, 0.4) is 0 Å². The minimum atomic E-state index is 0.550. The van der Waals surface area contributed by atoms with E-state index in [0.717, 1.165) is 12.6 Å². The molecule has 58 valence electrons. The fourth-order valence-electron chi connectivity index (χ4n) is 2.33. The predicted octanol–water partition coefficient (Wildman–Crippen LogP) is 0.773. The fourth-order valence-corrected chi connectivity index (χ4v) is 2.33. The molecule has 2 aliphatic rings. The van der Waals surface area contributed by atoms with Crippen molar-refractivity contribution in [3.63, 3.8) is 0 Å². The summed E-state index contributed by atoms with van der Waals surface area (Å²) in [4.78, 5) is 0. The largest absolute Gasteiger partial charge is 0.384 e. The summed E-state index contributed by atoms with van der Waals surface area (Å²) in [5, 5.41) is 3.54. The first-order chi connectivity index (χ1) is 4.77. The Labute approximate surface area is 61.9 Å². The number of hydrogen-bond acceptors (Lipinski definition) is 2. The van der Waals surface area contributed by atoms with Gasteiger partial charge in [-0.05, 0) is 19.8 Å². The van der Waals surface area contributed by atoms with Crippen molar-refractivity contribution in [1.29, 1.82) is 0 Å². The molecule has 0 amide bonds. The van der Waals surface area contributed by atoms with Crippen LogP contribution in [-0.4, -0.2) is 25.8 Å². The molecule has 2 rings (SSSR count). The van der Waals surface area contributed by atoms with Gasteiger partial charge in [-0.15, -0.1) is 0 Å². The van der Waals surface area contributed by atoms with Crippen molar-refractivity contribution in [3.05, 3.63) is 0 Å². The van der Waals surface area contributed by atoms with E-state index in [2.05, 4.69) is 12.2 Å². The molecule has 2 fully saturated rings. The summed E-state index contributed by atoms with van der Waals surface area (Å²) in [6.45, 7) is 3.21. The Morgan fingerprint density at radius 1 is 1.60 bits per heavy atom. The van der Waals surface area contributed by atoms with Gasteiger partial charge < -0.3 is 10.1 Å². The third-order valence-corrected chi connectivity index (χ3v) is 2.82. The van der Waals surface area contributed by atoms with Crippen LogP contribution in [0.1, 0.15) is 19.8 Å². The summed E-state index contributed by atoms with van der Waals surface area (Å²) in [5.74, 6) is 0. The number of methoxy groups -OCH3 is 1. The van der Waals surface area contributed by atoms with Crippen LogP contribution in [0.5, 0.6) is 0 Å². The van der Waals surface area contributed by atoms with Crippen molar-refractivity contribution in [2.45, 2.75) is 31.8 Å². The summed E-state index contributed by atoms with van der Waals surface area (Å²) in [5.41, 5.74) is 0.550. The highest BCUT2D eigenvalue weighted by molar-refractivity contribution is 5.14. The van der Waals surface area contributed by atoms with Crippen LogP contribution in [0.2, 0.25) is 0 Å². The Morgan fingerprint density at radius 2 is 2.40 bits per heavy atom. The molecule has 0 spiro atoms. The third kappa shape index (κ3) is 0.789. The molecule has 1 aliphatic heterocycles. The van der Waals surface area contributed by atoms with E-state index in [9.17, 15) is 0 Å². The van der Waals surface area contributed by atoms with E-state index in [-0.39, 0.29) is 0 Å². The van der Waals surface area contributed by atoms with Gasteiger partial charge >= 0.3 is 0 Å². The molecule has 0 aromatic heterocycles. The van der Waals surface area contributed by atoms with E-state index in [1.807, 2.05) is 0 Å². The lowest BCUT2D eigenvalue weighted by Crippen LogP contribution is -2.21. The molecule has 10 heavy (non-hydrogen) atoms. The molecule has 1 aliphatic carbocycles. The van der Waals surface area contributed by atoms with Gasteiger partial charge in [0.05, 0.1) is 6.61 Å². The van der Waals surface area contributed by atoms with Crippen molar-refractivity contribution in [2.24, 2.45) is 5.41 Å². The van der Waals surface area contributed by atoms with Crippen LogP contribution in [0.4, 0.5) is 0 Å². The Morgan fingerprint density at radius 3 is 2.90 bits per heavy atom. The van der Waals surface area contributed by atoms with E-state index in [1.165, 1.54) is 12.8 Å². The standard InChI is InChI=1S/C8H15NO/c1-6-3-8(5-10-2)4-7(8)9-6/h6-7,9H,3-5H2,1-2H3/t6-,7?,8?/m1/s1. The van der Waals surface area contributed by atoms with Gasteiger partial charge in [0.2, 0.25) is 0 Å². The van der Waals surface area contributed by atoms with E-state index < -0.39 is 0 Å². The molecule has 1 saturated heterocycles. The second-order valence-electron chi connectivity index (χ2n) is 3.82. The summed E-state index contributed by atoms with van der Waals surface area (Å²) in [6.07, 6.45) is 2.65. The average molecular weight is 141 g/mol. The molecule has 1 saturated carbocycles. The van der Waals surface area contributed by atoms with Gasteiger partial charge in [-0.1, -0.05) is 0 Å². The predicted molar refractivity (Wildman–Crippen MR) is 39.9 cm³/mol. The highest BCUT2D eigenvalue weighted by Gasteiger charge is 2.59. The molecule has 0 aromatic carbocycles. The normalized spacial score (nSPS) is 51.0. The van der Waals surface area contributed by atoms with Crippen LogP contribution in [0.15, 0.2) is 0 Å². The Balaban J connectivity index is 1.95. The first-order valence-corrected chi connectivity index (χ1v) is 4.02. The summed E-state index contributed by atoms with van der Waals surface area (Å²) < 4.78 is 5.18. The monoisotopic (exact) mass is 141 g/mol. The maximum Gasteiger partial charge on any atom is 0.0534 e. The lowest BCUT2D eigenvalue weighted by Gasteiger charge is -2.10. The minimum Gasteiger partial charge on any atom is -0.384 e. The molecule has 1 heterocycles. The Hall–Kier alpha value is -0.0800. The van der Waals surface area contributed by atoms with Crippen LogP contribution in [0, 0.1) is 5.41 Å². The number of piperidine rings is 1. The van der Waals surface area contributed by atoms with Gasteiger partial charge in [0.15, 0.2) is 0 Å². The van der Waals surface area contributed by atoms with Crippen molar-refractivity contribution in [1.82, 2.24) is 5.32 Å². The molecule has 0 aromatic rings. The van der Waals surface area contributed by atoms with E-state index in [0.29, 0.717) is 11.5 Å². The molecular weight excluding hydrogens is 126 g/mol. The third-order valence-electron chi connectivity index (χ3n) is 2.82. The van der Waals surface area contributed by atoms with E-state index in [1.54, 1.807) is 7.11 Å². The Bertz CT molecular complexity index is 148.